The molecule has 8 heteroatoms. The summed E-state index contributed by atoms with van der Waals surface area (Å²) in [6, 6.07) is -0.747. The first-order valence-corrected chi connectivity index (χ1v) is 9.46. The summed E-state index contributed by atoms with van der Waals surface area (Å²) >= 11 is 0. The third kappa shape index (κ3) is 8.35. The summed E-state index contributed by atoms with van der Waals surface area (Å²) in [5.74, 6) is -0.319. The van der Waals surface area contributed by atoms with E-state index in [0.29, 0.717) is 6.54 Å². The second-order valence-corrected chi connectivity index (χ2v) is 8.07. The van der Waals surface area contributed by atoms with Crippen molar-refractivity contribution in [3.63, 3.8) is 0 Å². The minimum Gasteiger partial charge on any atom is -0.355 e. The Kier molecular flexibility index (Phi) is 7.58. The van der Waals surface area contributed by atoms with Crippen molar-refractivity contribution in [2.24, 2.45) is 5.73 Å². The van der Waals surface area contributed by atoms with Crippen LogP contribution in [0.25, 0.3) is 0 Å². The van der Waals surface area contributed by atoms with Gasteiger partial charge in [0, 0.05) is 39.0 Å². The van der Waals surface area contributed by atoms with Crippen LogP contribution in [0.2, 0.25) is 0 Å². The minimum atomic E-state index is -3.07. The van der Waals surface area contributed by atoms with Crippen LogP contribution in [-0.4, -0.2) is 88.5 Å². The summed E-state index contributed by atoms with van der Waals surface area (Å²) in [5, 5.41) is 2.77. The van der Waals surface area contributed by atoms with Gasteiger partial charge in [-0.05, 0) is 26.4 Å². The third-order valence-electron chi connectivity index (χ3n) is 3.68. The van der Waals surface area contributed by atoms with Crippen molar-refractivity contribution in [2.45, 2.75) is 18.9 Å². The number of hydrogen-bond acceptors (Lipinski definition) is 6. The van der Waals surface area contributed by atoms with Crippen LogP contribution in [0.15, 0.2) is 0 Å². The van der Waals surface area contributed by atoms with E-state index in [-0.39, 0.29) is 18.1 Å². The highest BCUT2D eigenvalue weighted by Crippen LogP contribution is 1.99. The SMILES string of the molecule is CN1CCN(CCCNC(=O)C(N)CCS(C)(=O)=O)CC1. The molecule has 1 fully saturated rings. The monoisotopic (exact) mass is 320 g/mol. The highest BCUT2D eigenvalue weighted by atomic mass is 32.2. The molecule has 3 N–H and O–H groups in total. The first-order chi connectivity index (χ1) is 9.78. The fourth-order valence-electron chi connectivity index (χ4n) is 2.19. The normalized spacial score (nSPS) is 19.4. The van der Waals surface area contributed by atoms with Crippen LogP contribution in [0.3, 0.4) is 0 Å². The molecule has 21 heavy (non-hydrogen) atoms. The Morgan fingerprint density at radius 3 is 2.48 bits per heavy atom. The predicted molar refractivity (Wildman–Crippen MR) is 83.9 cm³/mol. The van der Waals surface area contributed by atoms with Gasteiger partial charge in [0.05, 0.1) is 11.8 Å². The second kappa shape index (κ2) is 8.67. The summed E-state index contributed by atoms with van der Waals surface area (Å²) in [6.07, 6.45) is 2.20. The lowest BCUT2D eigenvalue weighted by Crippen LogP contribution is -2.46. The first kappa shape index (κ1) is 18.3. The van der Waals surface area contributed by atoms with E-state index < -0.39 is 15.9 Å². The largest absolute Gasteiger partial charge is 0.355 e. The van der Waals surface area contributed by atoms with Gasteiger partial charge < -0.3 is 20.9 Å². The van der Waals surface area contributed by atoms with E-state index in [2.05, 4.69) is 22.2 Å². The molecule has 1 heterocycles. The maximum absolute atomic E-state index is 11.7. The molecule has 0 saturated carbocycles. The third-order valence-corrected chi connectivity index (χ3v) is 4.66. The van der Waals surface area contributed by atoms with Crippen LogP contribution in [0.5, 0.6) is 0 Å². The van der Waals surface area contributed by atoms with Crippen molar-refractivity contribution >= 4 is 15.7 Å². The molecule has 0 aromatic rings. The number of hydrogen-bond donors (Lipinski definition) is 2. The number of likely N-dealkylation sites (N-methyl/N-ethyl adjacent to an activating group) is 1. The Bertz CT molecular complexity index is 419. The fourth-order valence-corrected chi connectivity index (χ4v) is 2.87. The topological polar surface area (TPSA) is 95.7 Å². The van der Waals surface area contributed by atoms with Gasteiger partial charge in [0.25, 0.3) is 0 Å². The fraction of sp³-hybridized carbons (Fsp3) is 0.923. The number of carbonyl (C=O) groups is 1. The molecule has 1 rings (SSSR count). The van der Waals surface area contributed by atoms with Crippen LogP contribution in [0.1, 0.15) is 12.8 Å². The summed E-state index contributed by atoms with van der Waals surface area (Å²) in [7, 11) is -0.947. The van der Waals surface area contributed by atoms with Crippen molar-refractivity contribution in [3.8, 4) is 0 Å². The van der Waals surface area contributed by atoms with Crippen LogP contribution in [0, 0.1) is 0 Å². The molecule has 1 aliphatic heterocycles. The molecule has 0 aliphatic carbocycles. The van der Waals surface area contributed by atoms with Gasteiger partial charge in [0.1, 0.15) is 9.84 Å². The van der Waals surface area contributed by atoms with E-state index in [9.17, 15) is 13.2 Å². The average Bonchev–Trinajstić information content (AvgIpc) is 2.41. The number of rotatable bonds is 8. The molecule has 0 aromatic heterocycles. The van der Waals surface area contributed by atoms with Gasteiger partial charge in [-0.3, -0.25) is 4.79 Å². The Morgan fingerprint density at radius 2 is 1.90 bits per heavy atom. The number of nitrogens with zero attached hydrogens (tertiary/aromatic N) is 2. The van der Waals surface area contributed by atoms with E-state index in [1.165, 1.54) is 0 Å². The van der Waals surface area contributed by atoms with Gasteiger partial charge in [0.15, 0.2) is 0 Å². The molecule has 0 aromatic carbocycles. The standard InChI is InChI=1S/C13H28N4O3S/c1-16-7-9-17(10-8-16)6-3-5-15-13(18)12(14)4-11-21(2,19)20/h12H,3-11,14H2,1-2H3,(H,15,18). The lowest BCUT2D eigenvalue weighted by Gasteiger charge is -2.32. The molecule has 7 nitrogen and oxygen atoms in total. The van der Waals surface area contributed by atoms with Gasteiger partial charge in [0.2, 0.25) is 5.91 Å². The number of piperazine rings is 1. The molecule has 124 valence electrons. The molecule has 1 atom stereocenters. The molecular formula is C13H28N4O3S. The van der Waals surface area contributed by atoms with Gasteiger partial charge in [-0.2, -0.15) is 0 Å². The number of nitrogens with two attached hydrogens (primary N) is 1. The minimum absolute atomic E-state index is 0.0527. The predicted octanol–water partition coefficient (Wildman–Crippen LogP) is -1.50. The number of carbonyl (C=O) groups excluding carboxylic acids is 1. The van der Waals surface area contributed by atoms with Crippen molar-refractivity contribution in [2.75, 3.05) is 58.3 Å². The van der Waals surface area contributed by atoms with Crippen LogP contribution >= 0.6 is 0 Å². The molecule has 0 radical (unpaired) electrons. The van der Waals surface area contributed by atoms with Crippen molar-refractivity contribution < 1.29 is 13.2 Å². The molecule has 1 unspecified atom stereocenters. The highest BCUT2D eigenvalue weighted by molar-refractivity contribution is 7.90. The van der Waals surface area contributed by atoms with Crippen molar-refractivity contribution in [1.29, 1.82) is 0 Å². The zero-order valence-electron chi connectivity index (χ0n) is 13.0. The van der Waals surface area contributed by atoms with Gasteiger partial charge in [-0.15, -0.1) is 0 Å². The zero-order chi connectivity index (χ0) is 15.9. The average molecular weight is 320 g/mol. The number of nitrogens with one attached hydrogen (secondary N) is 1. The quantitative estimate of drug-likeness (QED) is 0.529. The van der Waals surface area contributed by atoms with E-state index in [0.717, 1.165) is 45.4 Å². The lowest BCUT2D eigenvalue weighted by atomic mass is 10.2. The van der Waals surface area contributed by atoms with E-state index in [1.807, 2.05) is 0 Å². The summed E-state index contributed by atoms with van der Waals surface area (Å²) in [6.45, 7) is 5.85. The van der Waals surface area contributed by atoms with Crippen molar-refractivity contribution in [3.05, 3.63) is 0 Å². The van der Waals surface area contributed by atoms with E-state index >= 15 is 0 Å². The van der Waals surface area contributed by atoms with Crippen LogP contribution in [-0.2, 0) is 14.6 Å². The number of amides is 1. The summed E-state index contributed by atoms with van der Waals surface area (Å²) in [4.78, 5) is 16.4. The molecule has 1 aliphatic rings. The Hall–Kier alpha value is -0.700. The highest BCUT2D eigenvalue weighted by Gasteiger charge is 2.16. The van der Waals surface area contributed by atoms with E-state index in [1.54, 1.807) is 0 Å². The maximum Gasteiger partial charge on any atom is 0.236 e. The Balaban J connectivity index is 2.10. The number of sulfone groups is 1. The van der Waals surface area contributed by atoms with Crippen molar-refractivity contribution in [1.82, 2.24) is 15.1 Å². The Morgan fingerprint density at radius 1 is 1.29 bits per heavy atom. The molecule has 1 amide bonds. The van der Waals surface area contributed by atoms with Gasteiger partial charge >= 0.3 is 0 Å². The molecular weight excluding hydrogens is 292 g/mol. The van der Waals surface area contributed by atoms with E-state index in [4.69, 9.17) is 5.73 Å². The smallest absolute Gasteiger partial charge is 0.236 e. The van der Waals surface area contributed by atoms with Gasteiger partial charge in [-0.1, -0.05) is 0 Å². The summed E-state index contributed by atoms with van der Waals surface area (Å²) in [5.41, 5.74) is 5.67. The maximum atomic E-state index is 11.7. The zero-order valence-corrected chi connectivity index (χ0v) is 13.9. The molecule has 0 bridgehead atoms. The van der Waals surface area contributed by atoms with Gasteiger partial charge in [-0.25, -0.2) is 8.42 Å². The molecule has 0 spiro atoms. The lowest BCUT2D eigenvalue weighted by molar-refractivity contribution is -0.122. The molecule has 1 saturated heterocycles. The first-order valence-electron chi connectivity index (χ1n) is 7.40. The van der Waals surface area contributed by atoms with Crippen LogP contribution in [0.4, 0.5) is 0 Å². The Labute approximate surface area is 127 Å². The summed E-state index contributed by atoms with van der Waals surface area (Å²) < 4.78 is 22.0. The second-order valence-electron chi connectivity index (χ2n) is 5.81. The van der Waals surface area contributed by atoms with Crippen LogP contribution < -0.4 is 11.1 Å².